The fraction of sp³-hybridized carbons (Fsp3) is 0.654. The Morgan fingerprint density at radius 3 is 1.71 bits per heavy atom. The van der Waals surface area contributed by atoms with Crippen LogP contribution in [-0.2, 0) is 6.54 Å². The van der Waals surface area contributed by atoms with Gasteiger partial charge in [-0.3, -0.25) is 0 Å². The van der Waals surface area contributed by atoms with Gasteiger partial charge in [-0.1, -0.05) is 102 Å². The molecule has 0 radical (unpaired) electrons. The van der Waals surface area contributed by atoms with Crippen molar-refractivity contribution in [2.45, 2.75) is 110 Å². The van der Waals surface area contributed by atoms with Crippen LogP contribution in [0.4, 0.5) is 0 Å². The third-order valence-corrected chi connectivity index (χ3v) is 5.95. The average Bonchev–Trinajstić information content (AvgIpc) is 3.09. The van der Waals surface area contributed by atoms with Gasteiger partial charge in [0.15, 0.2) is 0 Å². The zero-order valence-corrected chi connectivity index (χ0v) is 18.5. The Morgan fingerprint density at radius 1 is 0.679 bits per heavy atom. The highest BCUT2D eigenvalue weighted by molar-refractivity contribution is 5.31. The third kappa shape index (κ3) is 8.63. The topological polar surface area (TPSA) is 8.81 Å². The normalized spacial score (nSPS) is 11.2. The van der Waals surface area contributed by atoms with E-state index in [0.717, 1.165) is 6.54 Å². The molecule has 0 aliphatic carbocycles. The lowest BCUT2D eigenvalue weighted by atomic mass is 10.0. The molecule has 0 spiro atoms. The van der Waals surface area contributed by atoms with E-state index in [1.807, 2.05) is 0 Å². The largest absolute Gasteiger partial charge is 0.258 e. The van der Waals surface area contributed by atoms with E-state index in [1.165, 1.54) is 101 Å². The van der Waals surface area contributed by atoms with Crippen LogP contribution in [0.1, 0.15) is 103 Å². The summed E-state index contributed by atoms with van der Waals surface area (Å²) in [4.78, 5) is 0. The number of hydrogen-bond donors (Lipinski definition) is 0. The SMILES string of the molecule is CCCCCCCCCCCCCCCC[n+]1ccn(-c2ccccc2)c1C. The van der Waals surface area contributed by atoms with Crippen LogP contribution in [0, 0.1) is 6.92 Å². The fourth-order valence-electron chi connectivity index (χ4n) is 4.08. The van der Waals surface area contributed by atoms with Crippen molar-refractivity contribution in [3.63, 3.8) is 0 Å². The van der Waals surface area contributed by atoms with Crippen LogP contribution in [0.15, 0.2) is 42.7 Å². The highest BCUT2D eigenvalue weighted by Gasteiger charge is 2.13. The lowest BCUT2D eigenvalue weighted by Crippen LogP contribution is -2.35. The molecular formula is C26H43N2+. The molecule has 0 atom stereocenters. The standard InChI is InChI=1S/C26H43N2/c1-3-4-5-6-7-8-9-10-11-12-13-14-15-19-22-27-23-24-28(25(27)2)26-20-17-16-18-21-26/h16-18,20-21,23-24H,3-15,19,22H2,1-2H3/q+1. The number of imidazole rings is 1. The second-order valence-electron chi connectivity index (χ2n) is 8.34. The van der Waals surface area contributed by atoms with Gasteiger partial charge in [0.05, 0.1) is 6.54 Å². The molecule has 0 fully saturated rings. The lowest BCUT2D eigenvalue weighted by Gasteiger charge is -2.03. The number of aryl methyl sites for hydroxylation is 1. The van der Waals surface area contributed by atoms with E-state index in [0.29, 0.717) is 0 Å². The van der Waals surface area contributed by atoms with Gasteiger partial charge in [-0.25, -0.2) is 9.13 Å². The van der Waals surface area contributed by atoms with Gasteiger partial charge in [0.25, 0.3) is 5.82 Å². The molecule has 0 unspecified atom stereocenters. The number of rotatable bonds is 16. The summed E-state index contributed by atoms with van der Waals surface area (Å²) < 4.78 is 4.68. The minimum Gasteiger partial charge on any atom is -0.234 e. The van der Waals surface area contributed by atoms with Crippen LogP contribution in [-0.4, -0.2) is 4.57 Å². The molecule has 0 N–H and O–H groups in total. The summed E-state index contributed by atoms with van der Waals surface area (Å²) in [5.74, 6) is 1.32. The Hall–Kier alpha value is -1.57. The van der Waals surface area contributed by atoms with Crippen molar-refractivity contribution in [3.8, 4) is 5.69 Å². The van der Waals surface area contributed by atoms with Crippen molar-refractivity contribution < 1.29 is 4.57 Å². The van der Waals surface area contributed by atoms with Crippen molar-refractivity contribution in [1.82, 2.24) is 4.57 Å². The van der Waals surface area contributed by atoms with Gasteiger partial charge in [0.2, 0.25) is 0 Å². The smallest absolute Gasteiger partial charge is 0.234 e. The monoisotopic (exact) mass is 383 g/mol. The van der Waals surface area contributed by atoms with Crippen molar-refractivity contribution in [2.75, 3.05) is 0 Å². The number of aromatic nitrogens is 2. The Morgan fingerprint density at radius 2 is 1.18 bits per heavy atom. The number of nitrogens with zero attached hydrogens (tertiary/aromatic N) is 2. The average molecular weight is 384 g/mol. The summed E-state index contributed by atoms with van der Waals surface area (Å²) in [5, 5.41) is 0. The first-order chi connectivity index (χ1) is 13.8. The van der Waals surface area contributed by atoms with Gasteiger partial charge < -0.3 is 0 Å². The third-order valence-electron chi connectivity index (χ3n) is 5.95. The van der Waals surface area contributed by atoms with Crippen LogP contribution in [0.25, 0.3) is 5.69 Å². The molecule has 28 heavy (non-hydrogen) atoms. The second kappa shape index (κ2) is 14.4. The molecule has 0 aliphatic rings. The number of hydrogen-bond acceptors (Lipinski definition) is 0. The predicted octanol–water partition coefficient (Wildman–Crippen LogP) is 7.55. The molecule has 2 rings (SSSR count). The van der Waals surface area contributed by atoms with Crippen LogP contribution in [0.2, 0.25) is 0 Å². The van der Waals surface area contributed by atoms with Crippen molar-refractivity contribution in [1.29, 1.82) is 0 Å². The molecule has 0 saturated carbocycles. The minimum absolute atomic E-state index is 1.14. The highest BCUT2D eigenvalue weighted by Crippen LogP contribution is 2.13. The maximum atomic E-state index is 2.40. The van der Waals surface area contributed by atoms with Crippen molar-refractivity contribution >= 4 is 0 Å². The summed E-state index contributed by atoms with van der Waals surface area (Å²) in [6.07, 6.45) is 24.3. The molecule has 1 aromatic carbocycles. The number of unbranched alkanes of at least 4 members (excludes halogenated alkanes) is 13. The molecular weight excluding hydrogens is 340 g/mol. The van der Waals surface area contributed by atoms with E-state index in [4.69, 9.17) is 0 Å². The lowest BCUT2D eigenvalue weighted by molar-refractivity contribution is -0.702. The van der Waals surface area contributed by atoms with E-state index in [2.05, 4.69) is 65.7 Å². The molecule has 0 saturated heterocycles. The molecule has 1 aromatic heterocycles. The second-order valence-corrected chi connectivity index (χ2v) is 8.34. The molecule has 0 aliphatic heterocycles. The van der Waals surface area contributed by atoms with Gasteiger partial charge in [-0.15, -0.1) is 0 Å². The molecule has 0 amide bonds. The van der Waals surface area contributed by atoms with E-state index in [1.54, 1.807) is 0 Å². The number of para-hydroxylation sites is 1. The zero-order chi connectivity index (χ0) is 19.9. The fourth-order valence-corrected chi connectivity index (χ4v) is 4.08. The summed E-state index contributed by atoms with van der Waals surface area (Å²) in [6, 6.07) is 10.6. The maximum Gasteiger partial charge on any atom is 0.258 e. The van der Waals surface area contributed by atoms with Crippen molar-refractivity contribution in [2.24, 2.45) is 0 Å². The first-order valence-corrected chi connectivity index (χ1v) is 12.0. The minimum atomic E-state index is 1.14. The Balaban J connectivity index is 1.45. The predicted molar refractivity (Wildman–Crippen MR) is 121 cm³/mol. The van der Waals surface area contributed by atoms with Gasteiger partial charge in [-0.2, -0.15) is 0 Å². The molecule has 2 aromatic rings. The number of benzene rings is 1. The van der Waals surface area contributed by atoms with Crippen LogP contribution >= 0.6 is 0 Å². The van der Waals surface area contributed by atoms with Crippen LogP contribution < -0.4 is 4.57 Å². The maximum absolute atomic E-state index is 2.40. The van der Waals surface area contributed by atoms with Gasteiger partial charge >= 0.3 is 0 Å². The summed E-state index contributed by atoms with van der Waals surface area (Å²) in [7, 11) is 0. The Bertz CT molecular complexity index is 615. The van der Waals surface area contributed by atoms with Gasteiger partial charge in [-0.05, 0) is 25.0 Å². The van der Waals surface area contributed by atoms with Gasteiger partial charge in [0.1, 0.15) is 18.1 Å². The molecule has 0 bridgehead atoms. The Kier molecular flexibility index (Phi) is 11.7. The quantitative estimate of drug-likeness (QED) is 0.209. The first-order valence-electron chi connectivity index (χ1n) is 12.0. The summed E-state index contributed by atoms with van der Waals surface area (Å²) in [5.41, 5.74) is 1.25. The summed E-state index contributed by atoms with van der Waals surface area (Å²) in [6.45, 7) is 5.66. The first kappa shape index (κ1) is 22.7. The summed E-state index contributed by atoms with van der Waals surface area (Å²) >= 11 is 0. The molecule has 1 heterocycles. The van der Waals surface area contributed by atoms with Crippen LogP contribution in [0.5, 0.6) is 0 Å². The molecule has 2 heteroatoms. The van der Waals surface area contributed by atoms with E-state index < -0.39 is 0 Å². The van der Waals surface area contributed by atoms with Crippen LogP contribution in [0.3, 0.4) is 0 Å². The van der Waals surface area contributed by atoms with E-state index in [-0.39, 0.29) is 0 Å². The Labute approximate surface area is 174 Å². The molecule has 156 valence electrons. The van der Waals surface area contributed by atoms with E-state index >= 15 is 0 Å². The highest BCUT2D eigenvalue weighted by atomic mass is 15.1. The van der Waals surface area contributed by atoms with Gasteiger partial charge in [0, 0.05) is 6.92 Å². The molecule has 2 nitrogen and oxygen atoms in total. The van der Waals surface area contributed by atoms with Crippen molar-refractivity contribution in [3.05, 3.63) is 48.5 Å². The zero-order valence-electron chi connectivity index (χ0n) is 18.5. The van der Waals surface area contributed by atoms with E-state index in [9.17, 15) is 0 Å².